The summed E-state index contributed by atoms with van der Waals surface area (Å²) in [7, 11) is 3.40. The summed E-state index contributed by atoms with van der Waals surface area (Å²) < 4.78 is 5.38. The summed E-state index contributed by atoms with van der Waals surface area (Å²) in [6.07, 6.45) is 0. The fourth-order valence-corrected chi connectivity index (χ4v) is 3.25. The molecule has 7 nitrogen and oxygen atoms in total. The number of carbonyl (C=O) groups is 2. The van der Waals surface area contributed by atoms with Gasteiger partial charge >= 0.3 is 6.03 Å². The lowest BCUT2D eigenvalue weighted by Crippen LogP contribution is -2.52. The van der Waals surface area contributed by atoms with Crippen molar-refractivity contribution in [3.63, 3.8) is 0 Å². The zero-order valence-electron chi connectivity index (χ0n) is 14.6. The molecule has 0 radical (unpaired) electrons. The van der Waals surface area contributed by atoms with Gasteiger partial charge in [-0.25, -0.2) is 4.79 Å². The van der Waals surface area contributed by atoms with Crippen molar-refractivity contribution in [1.29, 1.82) is 0 Å². The maximum Gasteiger partial charge on any atom is 0.319 e. The lowest BCUT2D eigenvalue weighted by atomic mass is 9.88. The Hall–Kier alpha value is -2.54. The molecule has 0 saturated carbocycles. The fraction of sp³-hybridized carbons (Fsp3) is 0.444. The lowest BCUT2D eigenvalue weighted by Gasteiger charge is -2.35. The highest BCUT2D eigenvalue weighted by molar-refractivity contribution is 5.88. The van der Waals surface area contributed by atoms with E-state index in [9.17, 15) is 9.59 Å². The van der Waals surface area contributed by atoms with Gasteiger partial charge < -0.3 is 25.2 Å². The van der Waals surface area contributed by atoms with Crippen LogP contribution in [0.3, 0.4) is 0 Å². The number of amides is 3. The first-order valence-electron chi connectivity index (χ1n) is 8.37. The van der Waals surface area contributed by atoms with Gasteiger partial charge in [-0.2, -0.15) is 0 Å². The van der Waals surface area contributed by atoms with E-state index in [4.69, 9.17) is 4.74 Å². The van der Waals surface area contributed by atoms with Gasteiger partial charge in [-0.15, -0.1) is 0 Å². The molecule has 0 spiro atoms. The smallest absolute Gasteiger partial charge is 0.319 e. The van der Waals surface area contributed by atoms with Gasteiger partial charge in [0.05, 0.1) is 19.3 Å². The number of nitrogens with zero attached hydrogens (tertiary/aromatic N) is 2. The molecule has 2 heterocycles. The molecule has 2 fully saturated rings. The van der Waals surface area contributed by atoms with Crippen LogP contribution in [0.5, 0.6) is 0 Å². The molecule has 134 valence electrons. The Morgan fingerprint density at radius 1 is 1.24 bits per heavy atom. The number of hydrogen-bond acceptors (Lipinski definition) is 4. The minimum absolute atomic E-state index is 0.0974. The average molecular weight is 344 g/mol. The molecule has 1 aromatic carbocycles. The predicted octanol–water partition coefficient (Wildman–Crippen LogP) is 1.10. The van der Waals surface area contributed by atoms with Gasteiger partial charge in [0.1, 0.15) is 5.92 Å². The molecule has 2 N–H and O–H groups in total. The largest absolute Gasteiger partial charge is 0.378 e. The van der Waals surface area contributed by atoms with Crippen molar-refractivity contribution in [2.45, 2.75) is 6.04 Å². The normalized spacial score (nSPS) is 23.7. The number of carbonyl (C=O) groups excluding carboxylic acids is 2. The first-order chi connectivity index (χ1) is 12.0. The van der Waals surface area contributed by atoms with Crippen LogP contribution >= 0.6 is 0 Å². The molecule has 0 aromatic heterocycles. The zero-order valence-corrected chi connectivity index (χ0v) is 14.6. The molecule has 2 atom stereocenters. The minimum Gasteiger partial charge on any atom is -0.378 e. The van der Waals surface area contributed by atoms with Crippen molar-refractivity contribution in [1.82, 2.24) is 15.5 Å². The van der Waals surface area contributed by atoms with E-state index in [1.54, 1.807) is 14.1 Å². The number of anilines is 1. The van der Waals surface area contributed by atoms with Crippen molar-refractivity contribution in [3.8, 4) is 0 Å². The van der Waals surface area contributed by atoms with E-state index in [1.807, 2.05) is 24.3 Å². The highest BCUT2D eigenvalue weighted by Gasteiger charge is 2.38. The van der Waals surface area contributed by atoms with Crippen molar-refractivity contribution < 1.29 is 14.3 Å². The molecule has 3 rings (SSSR count). The van der Waals surface area contributed by atoms with Gasteiger partial charge in [0.25, 0.3) is 0 Å². The van der Waals surface area contributed by atoms with Crippen LogP contribution in [0.4, 0.5) is 10.5 Å². The third kappa shape index (κ3) is 3.61. The van der Waals surface area contributed by atoms with Crippen LogP contribution in [0.15, 0.2) is 36.5 Å². The van der Waals surface area contributed by atoms with Gasteiger partial charge in [-0.05, 0) is 17.7 Å². The summed E-state index contributed by atoms with van der Waals surface area (Å²) in [4.78, 5) is 28.2. The zero-order chi connectivity index (χ0) is 18.0. The van der Waals surface area contributed by atoms with Gasteiger partial charge in [0.2, 0.25) is 5.91 Å². The van der Waals surface area contributed by atoms with E-state index < -0.39 is 12.0 Å². The molecule has 2 aliphatic rings. The van der Waals surface area contributed by atoms with E-state index in [1.165, 1.54) is 4.90 Å². The number of morpholine rings is 1. The third-order valence-electron chi connectivity index (χ3n) is 4.60. The molecule has 0 unspecified atom stereocenters. The summed E-state index contributed by atoms with van der Waals surface area (Å²) in [5.74, 6) is -0.637. The Balaban J connectivity index is 1.85. The van der Waals surface area contributed by atoms with Crippen LogP contribution in [0.1, 0.15) is 11.6 Å². The summed E-state index contributed by atoms with van der Waals surface area (Å²) in [6, 6.07) is 7.20. The summed E-state index contributed by atoms with van der Waals surface area (Å²) in [6.45, 7) is 7.06. The second-order valence-electron chi connectivity index (χ2n) is 6.50. The van der Waals surface area contributed by atoms with E-state index in [0.29, 0.717) is 5.70 Å². The summed E-state index contributed by atoms with van der Waals surface area (Å²) in [5, 5.41) is 5.47. The molecule has 3 amide bonds. The second kappa shape index (κ2) is 7.14. The van der Waals surface area contributed by atoms with Crippen LogP contribution in [0.25, 0.3) is 0 Å². The SMILES string of the molecule is C=C1NC(=O)N[C@@H](c2ccc(N3CCOCC3)cc2)[C@H]1C(=O)N(C)C. The maximum absolute atomic E-state index is 12.6. The molecule has 2 aliphatic heterocycles. The monoisotopic (exact) mass is 344 g/mol. The van der Waals surface area contributed by atoms with E-state index in [0.717, 1.165) is 37.6 Å². The highest BCUT2D eigenvalue weighted by atomic mass is 16.5. The quantitative estimate of drug-likeness (QED) is 0.861. The fourth-order valence-electron chi connectivity index (χ4n) is 3.25. The first kappa shape index (κ1) is 17.3. The molecule has 0 aliphatic carbocycles. The Bertz CT molecular complexity index is 665. The average Bonchev–Trinajstić information content (AvgIpc) is 2.61. The van der Waals surface area contributed by atoms with Crippen molar-refractivity contribution in [2.75, 3.05) is 45.3 Å². The topological polar surface area (TPSA) is 73.9 Å². The number of ether oxygens (including phenoxy) is 1. The Labute approximate surface area is 147 Å². The number of rotatable bonds is 3. The first-order valence-corrected chi connectivity index (χ1v) is 8.37. The van der Waals surface area contributed by atoms with Crippen LogP contribution < -0.4 is 15.5 Å². The molecule has 7 heteroatoms. The van der Waals surface area contributed by atoms with E-state index >= 15 is 0 Å². The lowest BCUT2D eigenvalue weighted by molar-refractivity contribution is -0.132. The minimum atomic E-state index is -0.540. The van der Waals surface area contributed by atoms with E-state index in [-0.39, 0.29) is 11.9 Å². The predicted molar refractivity (Wildman–Crippen MR) is 95.2 cm³/mol. The van der Waals surface area contributed by atoms with Crippen LogP contribution in [-0.2, 0) is 9.53 Å². The Morgan fingerprint density at radius 2 is 1.88 bits per heavy atom. The maximum atomic E-state index is 12.6. The van der Waals surface area contributed by atoms with Crippen LogP contribution in [0.2, 0.25) is 0 Å². The second-order valence-corrected chi connectivity index (χ2v) is 6.50. The van der Waals surface area contributed by atoms with Gasteiger partial charge in [0, 0.05) is 38.6 Å². The van der Waals surface area contributed by atoms with Crippen molar-refractivity contribution >= 4 is 17.6 Å². The molecular formula is C18H24N4O3. The van der Waals surface area contributed by atoms with Gasteiger partial charge in [-0.3, -0.25) is 4.79 Å². The molecule has 25 heavy (non-hydrogen) atoms. The standard InChI is InChI=1S/C18H24N4O3/c1-12-15(17(23)21(2)3)16(20-18(24)19-12)13-4-6-14(7-5-13)22-8-10-25-11-9-22/h4-7,15-16H,1,8-11H2,2-3H3,(H2,19,20,24)/t15-,16-/m0/s1. The molecule has 2 saturated heterocycles. The summed E-state index contributed by atoms with van der Waals surface area (Å²) >= 11 is 0. The van der Waals surface area contributed by atoms with Crippen LogP contribution in [0, 0.1) is 5.92 Å². The third-order valence-corrected chi connectivity index (χ3v) is 4.60. The van der Waals surface area contributed by atoms with Crippen LogP contribution in [-0.4, -0.2) is 57.2 Å². The number of hydrogen-bond donors (Lipinski definition) is 2. The number of nitrogens with one attached hydrogen (secondary N) is 2. The highest BCUT2D eigenvalue weighted by Crippen LogP contribution is 2.31. The van der Waals surface area contributed by atoms with E-state index in [2.05, 4.69) is 22.1 Å². The Kier molecular flexibility index (Phi) is 4.94. The molecule has 0 bridgehead atoms. The molecular weight excluding hydrogens is 320 g/mol. The van der Waals surface area contributed by atoms with Gasteiger partial charge in [0.15, 0.2) is 0 Å². The number of benzene rings is 1. The van der Waals surface area contributed by atoms with Crippen molar-refractivity contribution in [3.05, 3.63) is 42.1 Å². The molecule has 1 aromatic rings. The number of urea groups is 1. The van der Waals surface area contributed by atoms with Gasteiger partial charge in [-0.1, -0.05) is 18.7 Å². The summed E-state index contributed by atoms with van der Waals surface area (Å²) in [5.41, 5.74) is 2.42. The van der Waals surface area contributed by atoms with Crippen molar-refractivity contribution in [2.24, 2.45) is 5.92 Å². The Morgan fingerprint density at radius 3 is 2.48 bits per heavy atom.